The van der Waals surface area contributed by atoms with E-state index in [1.165, 1.54) is 5.56 Å². The number of amides is 1. The standard InChI is InChI=1S/C21H26BrNO2/c1-15-8-5-6-9-19(15)25-13-7-10-20(24)23-18-12-11-16(14-17(18)22)21(2,3)4/h5-6,8-9,11-12,14H,7,10,13H2,1-4H3,(H,23,24). The Hall–Kier alpha value is -1.81. The molecule has 0 saturated carbocycles. The van der Waals surface area contributed by atoms with Gasteiger partial charge in [0.15, 0.2) is 0 Å². The normalized spacial score (nSPS) is 11.2. The number of rotatable bonds is 6. The molecular formula is C21H26BrNO2. The predicted molar refractivity (Wildman–Crippen MR) is 107 cm³/mol. The molecule has 2 aromatic rings. The summed E-state index contributed by atoms with van der Waals surface area (Å²) in [5.74, 6) is 0.876. The maximum absolute atomic E-state index is 12.1. The zero-order valence-corrected chi connectivity index (χ0v) is 16.9. The van der Waals surface area contributed by atoms with Crippen LogP contribution in [0.1, 0.15) is 44.7 Å². The lowest BCUT2D eigenvalue weighted by Gasteiger charge is -2.20. The first kappa shape index (κ1) is 19.5. The fourth-order valence-electron chi connectivity index (χ4n) is 2.43. The van der Waals surface area contributed by atoms with Gasteiger partial charge in [-0.15, -0.1) is 0 Å². The Morgan fingerprint density at radius 1 is 1.16 bits per heavy atom. The van der Waals surface area contributed by atoms with E-state index in [2.05, 4.69) is 54.2 Å². The van der Waals surface area contributed by atoms with E-state index in [-0.39, 0.29) is 11.3 Å². The minimum Gasteiger partial charge on any atom is -0.493 e. The molecule has 0 heterocycles. The second-order valence-corrected chi connectivity index (χ2v) is 8.06. The first-order valence-electron chi connectivity index (χ1n) is 8.55. The molecule has 0 spiro atoms. The average Bonchev–Trinajstić information content (AvgIpc) is 2.54. The number of hydrogen-bond acceptors (Lipinski definition) is 2. The highest BCUT2D eigenvalue weighted by Gasteiger charge is 2.15. The fourth-order valence-corrected chi connectivity index (χ4v) is 2.91. The zero-order valence-electron chi connectivity index (χ0n) is 15.4. The Kier molecular flexibility index (Phi) is 6.65. The highest BCUT2D eigenvalue weighted by atomic mass is 79.9. The van der Waals surface area contributed by atoms with Crippen molar-refractivity contribution in [2.24, 2.45) is 0 Å². The van der Waals surface area contributed by atoms with Crippen LogP contribution in [0.4, 0.5) is 5.69 Å². The van der Waals surface area contributed by atoms with Crippen LogP contribution in [0.25, 0.3) is 0 Å². The molecule has 2 aromatic carbocycles. The minimum atomic E-state index is -0.00223. The number of hydrogen-bond donors (Lipinski definition) is 1. The van der Waals surface area contributed by atoms with Gasteiger partial charge in [-0.2, -0.15) is 0 Å². The number of para-hydroxylation sites is 1. The highest BCUT2D eigenvalue weighted by Crippen LogP contribution is 2.30. The van der Waals surface area contributed by atoms with E-state index in [9.17, 15) is 4.79 Å². The first-order valence-corrected chi connectivity index (χ1v) is 9.35. The molecule has 0 radical (unpaired) electrons. The molecule has 25 heavy (non-hydrogen) atoms. The highest BCUT2D eigenvalue weighted by molar-refractivity contribution is 9.10. The van der Waals surface area contributed by atoms with Crippen LogP contribution in [-0.2, 0) is 10.2 Å². The molecule has 0 aliphatic rings. The second kappa shape index (κ2) is 8.52. The summed E-state index contributed by atoms with van der Waals surface area (Å²) in [7, 11) is 0. The van der Waals surface area contributed by atoms with Crippen molar-refractivity contribution in [3.8, 4) is 5.75 Å². The van der Waals surface area contributed by atoms with Crippen LogP contribution < -0.4 is 10.1 Å². The van der Waals surface area contributed by atoms with Crippen molar-refractivity contribution in [3.05, 3.63) is 58.1 Å². The lowest BCUT2D eigenvalue weighted by molar-refractivity contribution is -0.116. The van der Waals surface area contributed by atoms with Crippen LogP contribution >= 0.6 is 15.9 Å². The van der Waals surface area contributed by atoms with E-state index in [0.717, 1.165) is 21.5 Å². The van der Waals surface area contributed by atoms with Crippen molar-refractivity contribution in [3.63, 3.8) is 0 Å². The summed E-state index contributed by atoms with van der Waals surface area (Å²) in [6, 6.07) is 14.0. The molecule has 2 rings (SSSR count). The van der Waals surface area contributed by atoms with Crippen molar-refractivity contribution >= 4 is 27.5 Å². The molecule has 0 unspecified atom stereocenters. The number of benzene rings is 2. The lowest BCUT2D eigenvalue weighted by atomic mass is 9.87. The largest absolute Gasteiger partial charge is 0.493 e. The zero-order chi connectivity index (χ0) is 18.4. The third kappa shape index (κ3) is 5.89. The molecule has 0 aromatic heterocycles. The number of carbonyl (C=O) groups is 1. The van der Waals surface area contributed by atoms with Crippen molar-refractivity contribution in [1.82, 2.24) is 0 Å². The van der Waals surface area contributed by atoms with Crippen molar-refractivity contribution in [2.75, 3.05) is 11.9 Å². The first-order chi connectivity index (χ1) is 11.8. The number of carbonyl (C=O) groups excluding carboxylic acids is 1. The number of anilines is 1. The van der Waals surface area contributed by atoms with Gasteiger partial charge in [0.25, 0.3) is 0 Å². The molecule has 0 aliphatic heterocycles. The molecule has 3 nitrogen and oxygen atoms in total. The maximum Gasteiger partial charge on any atom is 0.224 e. The predicted octanol–water partition coefficient (Wildman–Crippen LogP) is 5.85. The topological polar surface area (TPSA) is 38.3 Å². The summed E-state index contributed by atoms with van der Waals surface area (Å²) >= 11 is 3.55. The Morgan fingerprint density at radius 2 is 1.88 bits per heavy atom. The van der Waals surface area contributed by atoms with E-state index in [1.807, 2.05) is 37.3 Å². The quantitative estimate of drug-likeness (QED) is 0.613. The summed E-state index contributed by atoms with van der Waals surface area (Å²) in [5.41, 5.74) is 3.22. The van der Waals surface area contributed by atoms with Crippen LogP contribution in [0.2, 0.25) is 0 Å². The fraction of sp³-hybridized carbons (Fsp3) is 0.381. The van der Waals surface area contributed by atoms with Gasteiger partial charge >= 0.3 is 0 Å². The van der Waals surface area contributed by atoms with Gasteiger partial charge in [-0.25, -0.2) is 0 Å². The third-order valence-corrected chi connectivity index (χ3v) is 4.66. The van der Waals surface area contributed by atoms with Crippen molar-refractivity contribution in [2.45, 2.75) is 46.0 Å². The van der Waals surface area contributed by atoms with Gasteiger partial charge in [-0.05, 0) is 64.0 Å². The molecule has 1 N–H and O–H groups in total. The Labute approximate surface area is 158 Å². The van der Waals surface area contributed by atoms with Gasteiger partial charge in [0.05, 0.1) is 12.3 Å². The van der Waals surface area contributed by atoms with Crippen molar-refractivity contribution in [1.29, 1.82) is 0 Å². The summed E-state index contributed by atoms with van der Waals surface area (Å²) in [4.78, 5) is 12.1. The van der Waals surface area contributed by atoms with Gasteiger partial charge in [0.1, 0.15) is 5.75 Å². The molecule has 0 saturated heterocycles. The smallest absolute Gasteiger partial charge is 0.224 e. The van der Waals surface area contributed by atoms with Crippen LogP contribution in [0.3, 0.4) is 0 Å². The SMILES string of the molecule is Cc1ccccc1OCCCC(=O)Nc1ccc(C(C)(C)C)cc1Br. The third-order valence-electron chi connectivity index (χ3n) is 4.01. The molecule has 134 valence electrons. The van der Waals surface area contributed by atoms with Gasteiger partial charge in [0.2, 0.25) is 5.91 Å². The van der Waals surface area contributed by atoms with Crippen LogP contribution in [0, 0.1) is 6.92 Å². The average molecular weight is 404 g/mol. The van der Waals surface area contributed by atoms with Gasteiger partial charge in [-0.3, -0.25) is 4.79 Å². The number of ether oxygens (including phenoxy) is 1. The molecule has 0 bridgehead atoms. The van der Waals surface area contributed by atoms with Gasteiger partial charge < -0.3 is 10.1 Å². The molecule has 0 atom stereocenters. The summed E-state index contributed by atoms with van der Waals surface area (Å²) in [5, 5.41) is 2.96. The molecule has 0 aliphatic carbocycles. The van der Waals surface area contributed by atoms with Crippen molar-refractivity contribution < 1.29 is 9.53 Å². The number of aryl methyl sites for hydroxylation is 1. The van der Waals surface area contributed by atoms with E-state index in [1.54, 1.807) is 0 Å². The van der Waals surface area contributed by atoms with E-state index in [4.69, 9.17) is 4.74 Å². The molecule has 1 amide bonds. The summed E-state index contributed by atoms with van der Waals surface area (Å²) in [6.07, 6.45) is 1.11. The van der Waals surface area contributed by atoms with E-state index < -0.39 is 0 Å². The van der Waals surface area contributed by atoms with E-state index in [0.29, 0.717) is 19.4 Å². The second-order valence-electron chi connectivity index (χ2n) is 7.21. The maximum atomic E-state index is 12.1. The Morgan fingerprint density at radius 3 is 2.52 bits per heavy atom. The molecule has 0 fully saturated rings. The van der Waals surface area contributed by atoms with Gasteiger partial charge in [0, 0.05) is 10.9 Å². The van der Waals surface area contributed by atoms with Gasteiger partial charge in [-0.1, -0.05) is 45.0 Å². The van der Waals surface area contributed by atoms with E-state index >= 15 is 0 Å². The number of halogens is 1. The van der Waals surface area contributed by atoms with Crippen LogP contribution in [-0.4, -0.2) is 12.5 Å². The molecule has 4 heteroatoms. The summed E-state index contributed by atoms with van der Waals surface area (Å²) < 4.78 is 6.63. The number of nitrogens with one attached hydrogen (secondary N) is 1. The Bertz CT molecular complexity index is 735. The monoisotopic (exact) mass is 403 g/mol. The van der Waals surface area contributed by atoms with Crippen LogP contribution in [0.5, 0.6) is 5.75 Å². The Balaban J connectivity index is 1.81. The summed E-state index contributed by atoms with van der Waals surface area (Å²) in [6.45, 7) is 9.05. The molecular weight excluding hydrogens is 378 g/mol. The minimum absolute atomic E-state index is 0.00223. The van der Waals surface area contributed by atoms with Crippen LogP contribution in [0.15, 0.2) is 46.9 Å². The lowest BCUT2D eigenvalue weighted by Crippen LogP contribution is -2.15.